The van der Waals surface area contributed by atoms with Gasteiger partial charge in [-0.05, 0) is 37.5 Å². The Kier molecular flexibility index (Phi) is 3.75. The van der Waals surface area contributed by atoms with Crippen LogP contribution in [0.15, 0.2) is 18.2 Å². The molecule has 104 valence electrons. The van der Waals surface area contributed by atoms with Crippen LogP contribution in [0.2, 0.25) is 0 Å². The first-order valence-electron chi connectivity index (χ1n) is 6.42. The Bertz CT molecular complexity index is 486. The summed E-state index contributed by atoms with van der Waals surface area (Å²) in [7, 11) is 0. The summed E-state index contributed by atoms with van der Waals surface area (Å²) in [5.41, 5.74) is 5.60. The number of nitrogens with two attached hydrogens (primary N) is 1. The molecule has 0 spiro atoms. The minimum atomic E-state index is -0.945. The smallest absolute Gasteiger partial charge is 0.311 e. The molecule has 3 N–H and O–H groups in total. The van der Waals surface area contributed by atoms with Gasteiger partial charge in [0.2, 0.25) is 0 Å². The Morgan fingerprint density at radius 3 is 2.68 bits per heavy atom. The minimum absolute atomic E-state index is 0.163. The second-order valence-electron chi connectivity index (χ2n) is 4.92. The predicted molar refractivity (Wildman–Crippen MR) is 68.4 cm³/mol. The molecule has 5 heteroatoms. The summed E-state index contributed by atoms with van der Waals surface area (Å²) >= 11 is 0. The van der Waals surface area contributed by atoms with Crippen molar-refractivity contribution in [3.8, 4) is 5.75 Å². The molecule has 0 radical (unpaired) electrons. The number of rotatable bonds is 5. The lowest BCUT2D eigenvalue weighted by atomic mass is 9.62. The van der Waals surface area contributed by atoms with Crippen LogP contribution in [0.3, 0.4) is 0 Å². The largest absolute Gasteiger partial charge is 0.491 e. The number of benzene rings is 1. The summed E-state index contributed by atoms with van der Waals surface area (Å²) in [6.45, 7) is 2.15. The topological polar surface area (TPSA) is 72.5 Å². The van der Waals surface area contributed by atoms with E-state index >= 15 is 0 Å². The van der Waals surface area contributed by atoms with Crippen molar-refractivity contribution in [3.63, 3.8) is 0 Å². The van der Waals surface area contributed by atoms with Crippen molar-refractivity contribution < 1.29 is 19.0 Å². The van der Waals surface area contributed by atoms with E-state index in [9.17, 15) is 14.3 Å². The maximum Gasteiger partial charge on any atom is 0.311 e. The number of carboxylic acid groups (broad SMARTS) is 1. The van der Waals surface area contributed by atoms with E-state index in [1.165, 1.54) is 12.1 Å². The lowest BCUT2D eigenvalue weighted by Crippen LogP contribution is -2.46. The molecule has 0 aromatic heterocycles. The molecular weight excluding hydrogens is 249 g/mol. The minimum Gasteiger partial charge on any atom is -0.491 e. The average molecular weight is 267 g/mol. The average Bonchev–Trinajstić information content (AvgIpc) is 2.29. The van der Waals surface area contributed by atoms with Crippen LogP contribution in [-0.4, -0.2) is 17.7 Å². The van der Waals surface area contributed by atoms with Crippen LogP contribution in [0.5, 0.6) is 5.75 Å². The fourth-order valence-electron chi connectivity index (χ4n) is 2.52. The molecule has 1 aromatic rings. The third-order valence-electron chi connectivity index (χ3n) is 3.88. The van der Waals surface area contributed by atoms with E-state index in [1.807, 2.05) is 0 Å². The van der Waals surface area contributed by atoms with Crippen LogP contribution in [0, 0.1) is 11.2 Å². The van der Waals surface area contributed by atoms with Crippen LogP contribution < -0.4 is 10.5 Å². The Labute approximate surface area is 111 Å². The lowest BCUT2D eigenvalue weighted by Gasteiger charge is -2.42. The van der Waals surface area contributed by atoms with Gasteiger partial charge in [0.15, 0.2) is 11.6 Å². The summed E-state index contributed by atoms with van der Waals surface area (Å²) in [4.78, 5) is 11.4. The fourth-order valence-corrected chi connectivity index (χ4v) is 2.52. The predicted octanol–water partition coefficient (Wildman–Crippen LogP) is 2.48. The summed E-state index contributed by atoms with van der Waals surface area (Å²) in [6.07, 6.45) is 1.93. The van der Waals surface area contributed by atoms with Crippen molar-refractivity contribution in [1.29, 1.82) is 0 Å². The standard InChI is InChI=1S/C14H18FNO3/c1-2-19-11-5-4-9(8-10(11)15)12(16)14(13(17)18)6-3-7-14/h4-5,8,12H,2-3,6-7,16H2,1H3,(H,17,18). The van der Waals surface area contributed by atoms with Gasteiger partial charge >= 0.3 is 5.97 Å². The first-order valence-corrected chi connectivity index (χ1v) is 6.42. The van der Waals surface area contributed by atoms with Gasteiger partial charge in [0, 0.05) is 6.04 Å². The van der Waals surface area contributed by atoms with Gasteiger partial charge in [0.1, 0.15) is 0 Å². The van der Waals surface area contributed by atoms with Gasteiger partial charge in [0.05, 0.1) is 12.0 Å². The summed E-state index contributed by atoms with van der Waals surface area (Å²) in [5, 5.41) is 9.33. The number of carboxylic acids is 1. The number of carbonyl (C=O) groups is 1. The van der Waals surface area contributed by atoms with E-state index in [4.69, 9.17) is 10.5 Å². The van der Waals surface area contributed by atoms with Crippen molar-refractivity contribution in [2.75, 3.05) is 6.61 Å². The fraction of sp³-hybridized carbons (Fsp3) is 0.500. The molecule has 1 saturated carbocycles. The second-order valence-corrected chi connectivity index (χ2v) is 4.92. The Balaban J connectivity index is 2.26. The van der Waals surface area contributed by atoms with Crippen LogP contribution in [-0.2, 0) is 4.79 Å². The van der Waals surface area contributed by atoms with E-state index in [-0.39, 0.29) is 5.75 Å². The molecular formula is C14H18FNO3. The molecule has 1 aromatic carbocycles. The highest BCUT2D eigenvalue weighted by molar-refractivity contribution is 5.77. The van der Waals surface area contributed by atoms with Gasteiger partial charge in [0.25, 0.3) is 0 Å². The molecule has 0 aliphatic heterocycles. The van der Waals surface area contributed by atoms with Gasteiger partial charge in [-0.3, -0.25) is 4.79 Å². The van der Waals surface area contributed by atoms with Crippen molar-refractivity contribution in [2.45, 2.75) is 32.2 Å². The van der Waals surface area contributed by atoms with E-state index in [2.05, 4.69) is 0 Å². The van der Waals surface area contributed by atoms with Gasteiger partial charge in [-0.15, -0.1) is 0 Å². The lowest BCUT2D eigenvalue weighted by molar-refractivity contribution is -0.156. The molecule has 0 amide bonds. The van der Waals surface area contributed by atoms with E-state index in [0.717, 1.165) is 6.42 Å². The molecule has 1 atom stereocenters. The number of halogens is 1. The monoisotopic (exact) mass is 267 g/mol. The molecule has 4 nitrogen and oxygen atoms in total. The SMILES string of the molecule is CCOc1ccc(C(N)C2(C(=O)O)CCC2)cc1F. The van der Waals surface area contributed by atoms with Gasteiger partial charge in [-0.2, -0.15) is 0 Å². The summed E-state index contributed by atoms with van der Waals surface area (Å²) in [6, 6.07) is 3.73. The number of hydrogen-bond donors (Lipinski definition) is 2. The highest BCUT2D eigenvalue weighted by Crippen LogP contribution is 2.49. The Morgan fingerprint density at radius 2 is 2.26 bits per heavy atom. The Hall–Kier alpha value is -1.62. The van der Waals surface area contributed by atoms with Gasteiger partial charge in [-0.25, -0.2) is 4.39 Å². The van der Waals surface area contributed by atoms with E-state index in [1.54, 1.807) is 13.0 Å². The number of hydrogen-bond acceptors (Lipinski definition) is 3. The van der Waals surface area contributed by atoms with Crippen LogP contribution in [0.1, 0.15) is 37.8 Å². The third-order valence-corrected chi connectivity index (χ3v) is 3.88. The molecule has 19 heavy (non-hydrogen) atoms. The molecule has 1 unspecified atom stereocenters. The molecule has 0 bridgehead atoms. The molecule has 1 aliphatic rings. The molecule has 0 heterocycles. The molecule has 1 aliphatic carbocycles. The maximum absolute atomic E-state index is 13.8. The maximum atomic E-state index is 13.8. The zero-order valence-electron chi connectivity index (χ0n) is 10.9. The van der Waals surface area contributed by atoms with E-state index in [0.29, 0.717) is 25.0 Å². The normalized spacial score (nSPS) is 18.5. The summed E-state index contributed by atoms with van der Waals surface area (Å²) in [5.74, 6) is -1.24. The van der Waals surface area contributed by atoms with Crippen molar-refractivity contribution >= 4 is 5.97 Å². The second kappa shape index (κ2) is 5.17. The van der Waals surface area contributed by atoms with Crippen LogP contribution >= 0.6 is 0 Å². The number of aliphatic carboxylic acids is 1. The zero-order chi connectivity index (χ0) is 14.0. The van der Waals surface area contributed by atoms with Crippen LogP contribution in [0.4, 0.5) is 4.39 Å². The van der Waals surface area contributed by atoms with Crippen molar-refractivity contribution in [2.24, 2.45) is 11.1 Å². The van der Waals surface area contributed by atoms with Crippen LogP contribution in [0.25, 0.3) is 0 Å². The van der Waals surface area contributed by atoms with Crippen molar-refractivity contribution in [3.05, 3.63) is 29.6 Å². The first-order chi connectivity index (χ1) is 9.01. The zero-order valence-corrected chi connectivity index (χ0v) is 10.9. The highest BCUT2D eigenvalue weighted by atomic mass is 19.1. The van der Waals surface area contributed by atoms with Gasteiger partial charge in [-0.1, -0.05) is 12.5 Å². The highest BCUT2D eigenvalue weighted by Gasteiger charge is 2.49. The molecule has 1 fully saturated rings. The summed E-state index contributed by atoms with van der Waals surface area (Å²) < 4.78 is 18.9. The first kappa shape index (κ1) is 13.8. The molecule has 0 saturated heterocycles. The van der Waals surface area contributed by atoms with Crippen molar-refractivity contribution in [1.82, 2.24) is 0 Å². The quantitative estimate of drug-likeness (QED) is 0.859. The third kappa shape index (κ3) is 2.30. The Morgan fingerprint density at radius 1 is 1.58 bits per heavy atom. The number of ether oxygens (including phenoxy) is 1. The van der Waals surface area contributed by atoms with Gasteiger partial charge < -0.3 is 15.6 Å². The van der Waals surface area contributed by atoms with E-state index < -0.39 is 23.2 Å². The molecule has 2 rings (SSSR count).